The predicted octanol–water partition coefficient (Wildman–Crippen LogP) is 1.74. The zero-order chi connectivity index (χ0) is 11.3. The van der Waals surface area contributed by atoms with Gasteiger partial charge in [-0.05, 0) is 12.1 Å². The highest BCUT2D eigenvalue weighted by Gasteiger charge is 1.86. The van der Waals surface area contributed by atoms with E-state index in [1.165, 1.54) is 5.39 Å². The van der Waals surface area contributed by atoms with Gasteiger partial charge >= 0.3 is 10.4 Å². The minimum Gasteiger partial charge on any atom is -0.344 e. The molecule has 1 aromatic heterocycles. The zero-order valence-corrected chi connectivity index (χ0v) is 9.13. The lowest BCUT2D eigenvalue weighted by Gasteiger charge is -1.91. The van der Waals surface area contributed by atoms with Crippen LogP contribution in [0.25, 0.3) is 10.9 Å². The van der Waals surface area contributed by atoms with Crippen molar-refractivity contribution in [3.05, 3.63) is 42.6 Å². The van der Waals surface area contributed by atoms with Crippen molar-refractivity contribution in [3.8, 4) is 0 Å². The second kappa shape index (κ2) is 6.13. The highest BCUT2D eigenvalue weighted by atomic mass is 32.3. The van der Waals surface area contributed by atoms with E-state index >= 15 is 0 Å². The highest BCUT2D eigenvalue weighted by Crippen LogP contribution is 2.07. The van der Waals surface area contributed by atoms with Gasteiger partial charge in [0, 0.05) is 11.6 Å². The van der Waals surface area contributed by atoms with Crippen molar-refractivity contribution in [3.63, 3.8) is 0 Å². The number of hydrogen-bond donors (Lipinski definition) is 3. The molecule has 0 aliphatic heterocycles. The molecule has 0 atom stereocenters. The first-order chi connectivity index (χ1) is 6.97. The number of pyridine rings is 1. The number of rotatable bonds is 0. The van der Waals surface area contributed by atoms with Crippen molar-refractivity contribution in [2.24, 2.45) is 0 Å². The number of benzene rings is 1. The summed E-state index contributed by atoms with van der Waals surface area (Å²) in [6.07, 6.45) is 1.81. The molecule has 7 heteroatoms. The van der Waals surface area contributed by atoms with Gasteiger partial charge in [-0.3, -0.25) is 14.1 Å². The van der Waals surface area contributed by atoms with E-state index in [1.54, 1.807) is 0 Å². The summed E-state index contributed by atoms with van der Waals surface area (Å²) in [5.41, 5.74) is 1.06. The lowest BCUT2D eigenvalue weighted by Crippen LogP contribution is -1.89. The molecule has 88 valence electrons. The first-order valence-corrected chi connectivity index (χ1v) is 5.36. The third kappa shape index (κ3) is 6.04. The summed E-state index contributed by atoms with van der Waals surface area (Å²) in [5, 5.41) is 1.20. The van der Waals surface area contributed by atoms with Crippen LogP contribution in [0, 0.1) is 0 Å². The quantitative estimate of drug-likeness (QED) is 0.606. The first-order valence-electron chi connectivity index (χ1n) is 3.96. The molecule has 2 rings (SSSR count). The van der Waals surface area contributed by atoms with Crippen LogP contribution in [-0.4, -0.2) is 22.5 Å². The van der Waals surface area contributed by atoms with E-state index in [2.05, 4.69) is 17.1 Å². The Morgan fingerprint density at radius 2 is 1.50 bits per heavy atom. The summed E-state index contributed by atoms with van der Waals surface area (Å²) < 4.78 is 31.6. The third-order valence-electron chi connectivity index (χ3n) is 1.51. The van der Waals surface area contributed by atoms with Crippen LogP contribution in [0.2, 0.25) is 0 Å². The van der Waals surface area contributed by atoms with Gasteiger partial charge in [-0.2, -0.15) is 8.42 Å². The Balaban J connectivity index is 0.000000330. The molecule has 0 amide bonds. The van der Waals surface area contributed by atoms with Crippen molar-refractivity contribution in [2.75, 3.05) is 0 Å². The fraction of sp³-hybridized carbons (Fsp3) is 0. The van der Waals surface area contributed by atoms with E-state index in [0.717, 1.165) is 5.52 Å². The lowest BCUT2D eigenvalue weighted by atomic mass is 10.2. The Bertz CT molecular complexity index is 468. The predicted molar refractivity (Wildman–Crippen MR) is 60.9 cm³/mol. The molecule has 0 saturated heterocycles. The molecule has 5 N–H and O–H groups in total. The maximum Gasteiger partial charge on any atom is 0.394 e. The molecule has 0 spiro atoms. The second-order valence-electron chi connectivity index (χ2n) is 2.64. The van der Waals surface area contributed by atoms with Crippen molar-refractivity contribution < 1.29 is 17.5 Å². The van der Waals surface area contributed by atoms with Crippen LogP contribution < -0.4 is 6.15 Å². The standard InChI is InChI=1S/C9H7N.H3N.H2O4S/c1-2-6-9-8(4-1)5-3-7-10-9;;1-5(2,3)4/h1-7H;1H3;(H2,1,2,3,4). The number of fused-ring (bicyclic) bond motifs is 1. The van der Waals surface area contributed by atoms with Gasteiger partial charge < -0.3 is 6.15 Å². The minimum atomic E-state index is -4.67. The molecule has 0 bridgehead atoms. The average molecular weight is 244 g/mol. The SMILES string of the molecule is N.O=S(=O)(O)O.c1ccc2ncccc2c1. The molecule has 16 heavy (non-hydrogen) atoms. The zero-order valence-electron chi connectivity index (χ0n) is 8.31. The van der Waals surface area contributed by atoms with Gasteiger partial charge in [0.2, 0.25) is 0 Å². The van der Waals surface area contributed by atoms with Gasteiger partial charge in [0.1, 0.15) is 0 Å². The average Bonchev–Trinajstić information content (AvgIpc) is 2.16. The largest absolute Gasteiger partial charge is 0.394 e. The van der Waals surface area contributed by atoms with Crippen LogP contribution in [0.3, 0.4) is 0 Å². The Labute approximate surface area is 93.1 Å². The number of hydrogen-bond acceptors (Lipinski definition) is 4. The normalized spacial score (nSPS) is 9.88. The van der Waals surface area contributed by atoms with E-state index in [1.807, 2.05) is 30.5 Å². The monoisotopic (exact) mass is 244 g/mol. The molecule has 0 radical (unpaired) electrons. The molecule has 2 aromatic rings. The highest BCUT2D eigenvalue weighted by molar-refractivity contribution is 7.79. The van der Waals surface area contributed by atoms with Gasteiger partial charge in [-0.25, -0.2) is 0 Å². The molecular weight excluding hydrogens is 232 g/mol. The summed E-state index contributed by atoms with van der Waals surface area (Å²) in [4.78, 5) is 4.18. The molecular formula is C9H12N2O4S. The van der Waals surface area contributed by atoms with Gasteiger partial charge in [0.15, 0.2) is 0 Å². The minimum absolute atomic E-state index is 0. The summed E-state index contributed by atoms with van der Waals surface area (Å²) >= 11 is 0. The van der Waals surface area contributed by atoms with Crippen LogP contribution in [0.15, 0.2) is 42.6 Å². The van der Waals surface area contributed by atoms with E-state index in [9.17, 15) is 0 Å². The van der Waals surface area contributed by atoms with Crippen molar-refractivity contribution in [1.82, 2.24) is 11.1 Å². The smallest absolute Gasteiger partial charge is 0.344 e. The summed E-state index contributed by atoms with van der Waals surface area (Å²) in [6, 6.07) is 12.1. The fourth-order valence-corrected chi connectivity index (χ4v) is 1.02. The summed E-state index contributed by atoms with van der Waals surface area (Å²) in [5.74, 6) is 0. The van der Waals surface area contributed by atoms with E-state index in [4.69, 9.17) is 17.5 Å². The summed E-state index contributed by atoms with van der Waals surface area (Å²) in [6.45, 7) is 0. The molecule has 0 fully saturated rings. The number of aromatic nitrogens is 1. The topological polar surface area (TPSA) is 122 Å². The van der Waals surface area contributed by atoms with Crippen LogP contribution in [0.5, 0.6) is 0 Å². The summed E-state index contributed by atoms with van der Waals surface area (Å²) in [7, 11) is -4.67. The van der Waals surface area contributed by atoms with Crippen LogP contribution in [0.4, 0.5) is 0 Å². The molecule has 0 unspecified atom stereocenters. The van der Waals surface area contributed by atoms with E-state index in [0.29, 0.717) is 0 Å². The van der Waals surface area contributed by atoms with E-state index in [-0.39, 0.29) is 6.15 Å². The Hall–Kier alpha value is -1.54. The fourth-order valence-electron chi connectivity index (χ4n) is 1.02. The third-order valence-corrected chi connectivity index (χ3v) is 1.51. The number of para-hydroxylation sites is 1. The Morgan fingerprint density at radius 1 is 1.00 bits per heavy atom. The van der Waals surface area contributed by atoms with Crippen LogP contribution >= 0.6 is 0 Å². The van der Waals surface area contributed by atoms with Crippen LogP contribution in [-0.2, 0) is 10.4 Å². The van der Waals surface area contributed by atoms with Gasteiger partial charge in [0.05, 0.1) is 5.52 Å². The van der Waals surface area contributed by atoms with Crippen molar-refractivity contribution >= 4 is 21.3 Å². The molecule has 0 saturated carbocycles. The molecule has 1 heterocycles. The van der Waals surface area contributed by atoms with Crippen LogP contribution in [0.1, 0.15) is 0 Å². The molecule has 0 aliphatic carbocycles. The van der Waals surface area contributed by atoms with Crippen molar-refractivity contribution in [2.45, 2.75) is 0 Å². The maximum absolute atomic E-state index is 8.74. The molecule has 6 nitrogen and oxygen atoms in total. The Morgan fingerprint density at radius 3 is 2.06 bits per heavy atom. The van der Waals surface area contributed by atoms with E-state index < -0.39 is 10.4 Å². The molecule has 0 aliphatic rings. The lowest BCUT2D eigenvalue weighted by molar-refractivity contribution is 0.381. The molecule has 1 aromatic carbocycles. The maximum atomic E-state index is 8.74. The Kier molecular flexibility index (Phi) is 5.54. The van der Waals surface area contributed by atoms with Gasteiger partial charge in [-0.1, -0.05) is 24.3 Å². The first kappa shape index (κ1) is 14.5. The van der Waals surface area contributed by atoms with Crippen molar-refractivity contribution in [1.29, 1.82) is 0 Å². The van der Waals surface area contributed by atoms with Gasteiger partial charge in [-0.15, -0.1) is 0 Å². The number of nitrogens with zero attached hydrogens (tertiary/aromatic N) is 1. The van der Waals surface area contributed by atoms with Gasteiger partial charge in [0.25, 0.3) is 0 Å². The second-order valence-corrected chi connectivity index (χ2v) is 3.54.